The number of hydrogen-bond donors (Lipinski definition) is 1. The number of rotatable bonds is 4. The summed E-state index contributed by atoms with van der Waals surface area (Å²) in [6.07, 6.45) is 7.42. The summed E-state index contributed by atoms with van der Waals surface area (Å²) in [6, 6.07) is 0.418. The van der Waals surface area contributed by atoms with Gasteiger partial charge >= 0.3 is 0 Å². The molecule has 0 aromatic heterocycles. The van der Waals surface area contributed by atoms with Gasteiger partial charge in [0.2, 0.25) is 5.91 Å². The van der Waals surface area contributed by atoms with Crippen LogP contribution in [0.1, 0.15) is 59.3 Å². The Hall–Kier alpha value is -0.570. The molecule has 1 aliphatic heterocycles. The molecule has 0 atom stereocenters. The lowest BCUT2D eigenvalue weighted by atomic mass is 9.85. The molecule has 3 nitrogen and oxygen atoms in total. The van der Waals surface area contributed by atoms with Crippen molar-refractivity contribution in [2.45, 2.75) is 65.3 Å². The normalized spacial score (nSPS) is 29.4. The van der Waals surface area contributed by atoms with Gasteiger partial charge < -0.3 is 10.2 Å². The maximum atomic E-state index is 12.5. The zero-order valence-electron chi connectivity index (χ0n) is 12.9. The predicted octanol–water partition coefficient (Wildman–Crippen LogP) is 2.80. The van der Waals surface area contributed by atoms with Crippen molar-refractivity contribution in [1.29, 1.82) is 0 Å². The van der Waals surface area contributed by atoms with Crippen LogP contribution in [0.2, 0.25) is 0 Å². The number of nitrogens with zero attached hydrogens (tertiary/aromatic N) is 1. The van der Waals surface area contributed by atoms with Gasteiger partial charge in [0.25, 0.3) is 0 Å². The van der Waals surface area contributed by atoms with Gasteiger partial charge in [-0.3, -0.25) is 4.79 Å². The van der Waals surface area contributed by atoms with E-state index in [2.05, 4.69) is 31.0 Å². The summed E-state index contributed by atoms with van der Waals surface area (Å²) < 4.78 is 0. The molecule has 1 saturated carbocycles. The van der Waals surface area contributed by atoms with E-state index in [1.807, 2.05) is 0 Å². The Morgan fingerprint density at radius 1 is 1.16 bits per heavy atom. The van der Waals surface area contributed by atoms with Crippen molar-refractivity contribution in [3.8, 4) is 0 Å². The molecule has 0 bridgehead atoms. The third kappa shape index (κ3) is 4.20. The van der Waals surface area contributed by atoms with Gasteiger partial charge in [-0.1, -0.05) is 6.92 Å². The van der Waals surface area contributed by atoms with Gasteiger partial charge in [-0.05, 0) is 71.4 Å². The van der Waals surface area contributed by atoms with E-state index in [1.165, 1.54) is 25.7 Å². The lowest BCUT2D eigenvalue weighted by Crippen LogP contribution is -2.48. The van der Waals surface area contributed by atoms with Crippen LogP contribution in [0.3, 0.4) is 0 Å². The molecule has 1 saturated heterocycles. The molecule has 2 rings (SSSR count). The number of carbonyl (C=O) groups is 1. The van der Waals surface area contributed by atoms with Crippen LogP contribution in [0.4, 0.5) is 0 Å². The van der Waals surface area contributed by atoms with Crippen molar-refractivity contribution in [3.63, 3.8) is 0 Å². The van der Waals surface area contributed by atoms with Gasteiger partial charge in [0.1, 0.15) is 0 Å². The maximum Gasteiger partial charge on any atom is 0.227 e. The number of nitrogens with one attached hydrogen (secondary N) is 1. The number of likely N-dealkylation sites (tertiary alicyclic amines) is 1. The highest BCUT2D eigenvalue weighted by Gasteiger charge is 2.32. The minimum absolute atomic E-state index is 0.249. The van der Waals surface area contributed by atoms with Crippen LogP contribution in [0.5, 0.6) is 0 Å². The first-order valence-corrected chi connectivity index (χ1v) is 8.01. The smallest absolute Gasteiger partial charge is 0.227 e. The molecule has 1 N–H and O–H groups in total. The van der Waals surface area contributed by atoms with Crippen LogP contribution < -0.4 is 5.32 Å². The second-order valence-electron chi connectivity index (χ2n) is 7.30. The Labute approximate surface area is 118 Å². The Morgan fingerprint density at radius 2 is 1.74 bits per heavy atom. The van der Waals surface area contributed by atoms with E-state index in [4.69, 9.17) is 0 Å². The van der Waals surface area contributed by atoms with Crippen molar-refractivity contribution in [3.05, 3.63) is 0 Å². The molecule has 0 aromatic carbocycles. The molecule has 0 radical (unpaired) electrons. The zero-order valence-corrected chi connectivity index (χ0v) is 12.9. The first-order chi connectivity index (χ1) is 8.97. The van der Waals surface area contributed by atoms with Gasteiger partial charge in [0, 0.05) is 12.6 Å². The lowest BCUT2D eigenvalue weighted by Gasteiger charge is -2.33. The summed E-state index contributed by atoms with van der Waals surface area (Å²) in [5.74, 6) is 1.09. The number of carbonyl (C=O) groups excluding carboxylic acids is 1. The number of hydrogen-bond acceptors (Lipinski definition) is 2. The van der Waals surface area contributed by atoms with Gasteiger partial charge in [0.05, 0.1) is 5.41 Å². The molecule has 0 aromatic rings. The fraction of sp³-hybridized carbons (Fsp3) is 0.938. The van der Waals surface area contributed by atoms with E-state index in [-0.39, 0.29) is 11.3 Å². The van der Waals surface area contributed by atoms with Crippen LogP contribution in [0.25, 0.3) is 0 Å². The molecule has 0 unspecified atom stereocenters. The lowest BCUT2D eigenvalue weighted by molar-refractivity contribution is -0.131. The van der Waals surface area contributed by atoms with Gasteiger partial charge in [0.15, 0.2) is 0 Å². The fourth-order valence-corrected chi connectivity index (χ4v) is 3.36. The molecule has 1 amide bonds. The van der Waals surface area contributed by atoms with E-state index in [0.717, 1.165) is 38.4 Å². The molecule has 19 heavy (non-hydrogen) atoms. The molecule has 0 spiro atoms. The first kappa shape index (κ1) is 14.8. The highest BCUT2D eigenvalue weighted by Crippen LogP contribution is 2.25. The number of amides is 1. The highest BCUT2D eigenvalue weighted by atomic mass is 16.2. The van der Waals surface area contributed by atoms with Crippen LogP contribution in [0.15, 0.2) is 0 Å². The third-order valence-corrected chi connectivity index (χ3v) is 4.78. The quantitative estimate of drug-likeness (QED) is 0.848. The standard InChI is InChI=1S/C16H30N2O/c1-13-6-8-14(9-7-13)17-15(19)16(2,3)12-18-10-4-5-11-18/h13-14H,4-12H2,1-3H3,(H,17,19). The Kier molecular flexibility index (Phi) is 4.88. The van der Waals surface area contributed by atoms with Crippen molar-refractivity contribution in [2.75, 3.05) is 19.6 Å². The van der Waals surface area contributed by atoms with Crippen LogP contribution in [0, 0.1) is 11.3 Å². The zero-order chi connectivity index (χ0) is 13.9. The van der Waals surface area contributed by atoms with E-state index in [9.17, 15) is 4.79 Å². The second kappa shape index (κ2) is 6.25. The van der Waals surface area contributed by atoms with Gasteiger partial charge in [-0.25, -0.2) is 0 Å². The maximum absolute atomic E-state index is 12.5. The molecule has 1 aliphatic carbocycles. The third-order valence-electron chi connectivity index (χ3n) is 4.78. The molecule has 110 valence electrons. The monoisotopic (exact) mass is 266 g/mol. The summed E-state index contributed by atoms with van der Waals surface area (Å²) in [5, 5.41) is 3.29. The van der Waals surface area contributed by atoms with E-state index >= 15 is 0 Å². The molecule has 3 heteroatoms. The van der Waals surface area contributed by atoms with E-state index in [0.29, 0.717) is 6.04 Å². The summed E-state index contributed by atoms with van der Waals surface area (Å²) in [7, 11) is 0. The summed E-state index contributed by atoms with van der Waals surface area (Å²) >= 11 is 0. The average molecular weight is 266 g/mol. The summed E-state index contributed by atoms with van der Waals surface area (Å²) in [5.41, 5.74) is -0.257. The molecular formula is C16H30N2O. The van der Waals surface area contributed by atoms with Crippen LogP contribution in [-0.4, -0.2) is 36.5 Å². The Bertz CT molecular complexity index is 300. The van der Waals surface area contributed by atoms with E-state index < -0.39 is 0 Å². The van der Waals surface area contributed by atoms with Crippen LogP contribution >= 0.6 is 0 Å². The van der Waals surface area contributed by atoms with E-state index in [1.54, 1.807) is 0 Å². The van der Waals surface area contributed by atoms with Gasteiger partial charge in [-0.15, -0.1) is 0 Å². The largest absolute Gasteiger partial charge is 0.353 e. The second-order valence-corrected chi connectivity index (χ2v) is 7.30. The highest BCUT2D eigenvalue weighted by molar-refractivity contribution is 5.82. The van der Waals surface area contributed by atoms with Crippen molar-refractivity contribution in [2.24, 2.45) is 11.3 Å². The molecule has 2 aliphatic rings. The first-order valence-electron chi connectivity index (χ1n) is 8.01. The molecular weight excluding hydrogens is 236 g/mol. The van der Waals surface area contributed by atoms with Crippen LogP contribution in [-0.2, 0) is 4.79 Å². The average Bonchev–Trinajstić information content (AvgIpc) is 2.84. The van der Waals surface area contributed by atoms with Crippen molar-refractivity contribution < 1.29 is 4.79 Å². The minimum atomic E-state index is -0.257. The SMILES string of the molecule is CC1CCC(NC(=O)C(C)(C)CN2CCCC2)CC1. The minimum Gasteiger partial charge on any atom is -0.353 e. The predicted molar refractivity (Wildman–Crippen MR) is 79.0 cm³/mol. The Morgan fingerprint density at radius 3 is 2.32 bits per heavy atom. The molecule has 1 heterocycles. The fourth-order valence-electron chi connectivity index (χ4n) is 3.36. The van der Waals surface area contributed by atoms with Crippen molar-refractivity contribution in [1.82, 2.24) is 10.2 Å². The Balaban J connectivity index is 1.80. The molecule has 2 fully saturated rings. The summed E-state index contributed by atoms with van der Waals surface area (Å²) in [6.45, 7) is 9.73. The van der Waals surface area contributed by atoms with Crippen molar-refractivity contribution >= 4 is 5.91 Å². The summed E-state index contributed by atoms with van der Waals surface area (Å²) in [4.78, 5) is 14.9. The topological polar surface area (TPSA) is 32.3 Å². The van der Waals surface area contributed by atoms with Gasteiger partial charge in [-0.2, -0.15) is 0 Å².